The van der Waals surface area contributed by atoms with E-state index in [9.17, 15) is 4.79 Å². The highest BCUT2D eigenvalue weighted by atomic mass is 16.5. The van der Waals surface area contributed by atoms with Gasteiger partial charge in [-0.15, -0.1) is 0 Å². The van der Waals surface area contributed by atoms with Crippen LogP contribution in [0.2, 0.25) is 0 Å². The molecule has 11 heavy (non-hydrogen) atoms. The molecule has 0 saturated carbocycles. The van der Waals surface area contributed by atoms with Gasteiger partial charge in [0.1, 0.15) is 5.76 Å². The number of hydrogen-bond acceptors (Lipinski definition) is 3. The zero-order valence-corrected chi connectivity index (χ0v) is 6.59. The summed E-state index contributed by atoms with van der Waals surface area (Å²) in [4.78, 5) is 11.0. The third-order valence-corrected chi connectivity index (χ3v) is 1.71. The van der Waals surface area contributed by atoms with Crippen LogP contribution >= 0.6 is 0 Å². The number of esters is 1. The number of carbonyl (C=O) groups excluding carboxylic acids is 1. The molecule has 0 fully saturated rings. The SMILES string of the molecule is CCOC(=O)C1=C(O)CCC1. The van der Waals surface area contributed by atoms with Gasteiger partial charge < -0.3 is 9.84 Å². The highest BCUT2D eigenvalue weighted by Gasteiger charge is 2.20. The largest absolute Gasteiger partial charge is 0.512 e. The van der Waals surface area contributed by atoms with Crippen LogP contribution in [0.3, 0.4) is 0 Å². The summed E-state index contributed by atoms with van der Waals surface area (Å²) in [6, 6.07) is 0. The number of rotatable bonds is 2. The van der Waals surface area contributed by atoms with Gasteiger partial charge in [-0.1, -0.05) is 0 Å². The van der Waals surface area contributed by atoms with Crippen molar-refractivity contribution >= 4 is 5.97 Å². The lowest BCUT2D eigenvalue weighted by atomic mass is 10.2. The Morgan fingerprint density at radius 1 is 1.64 bits per heavy atom. The van der Waals surface area contributed by atoms with E-state index in [2.05, 4.69) is 0 Å². The molecule has 1 aliphatic rings. The quantitative estimate of drug-likeness (QED) is 0.617. The molecule has 1 N–H and O–H groups in total. The normalized spacial score (nSPS) is 17.2. The van der Waals surface area contributed by atoms with Crippen molar-refractivity contribution in [2.45, 2.75) is 26.2 Å². The Morgan fingerprint density at radius 3 is 2.82 bits per heavy atom. The fourth-order valence-electron chi connectivity index (χ4n) is 1.17. The molecule has 0 aliphatic heterocycles. The van der Waals surface area contributed by atoms with Crippen LogP contribution < -0.4 is 0 Å². The van der Waals surface area contributed by atoms with Gasteiger partial charge in [-0.2, -0.15) is 0 Å². The van der Waals surface area contributed by atoms with Crippen molar-refractivity contribution < 1.29 is 14.6 Å². The smallest absolute Gasteiger partial charge is 0.337 e. The molecule has 62 valence electrons. The lowest BCUT2D eigenvalue weighted by Gasteiger charge is -2.01. The molecule has 1 aliphatic carbocycles. The Bertz CT molecular complexity index is 194. The van der Waals surface area contributed by atoms with Gasteiger partial charge in [0.25, 0.3) is 0 Å². The summed E-state index contributed by atoms with van der Waals surface area (Å²) in [6.07, 6.45) is 2.14. The standard InChI is InChI=1S/C8H12O3/c1-2-11-8(10)6-4-3-5-7(6)9/h9H,2-5H2,1H3. The highest BCUT2D eigenvalue weighted by Crippen LogP contribution is 2.24. The second-order valence-corrected chi connectivity index (χ2v) is 2.50. The van der Waals surface area contributed by atoms with Gasteiger partial charge in [0, 0.05) is 6.42 Å². The molecule has 0 heterocycles. The van der Waals surface area contributed by atoms with Crippen LogP contribution in [0, 0.1) is 0 Å². The first-order chi connectivity index (χ1) is 5.25. The maximum Gasteiger partial charge on any atom is 0.337 e. The second-order valence-electron chi connectivity index (χ2n) is 2.50. The maximum atomic E-state index is 11.0. The van der Waals surface area contributed by atoms with E-state index in [0.717, 1.165) is 6.42 Å². The summed E-state index contributed by atoms with van der Waals surface area (Å²) in [5, 5.41) is 9.16. The minimum absolute atomic E-state index is 0.212. The van der Waals surface area contributed by atoms with Crippen molar-refractivity contribution in [1.82, 2.24) is 0 Å². The first-order valence-corrected chi connectivity index (χ1v) is 3.83. The monoisotopic (exact) mass is 156 g/mol. The zero-order chi connectivity index (χ0) is 8.27. The molecule has 0 aromatic carbocycles. The lowest BCUT2D eigenvalue weighted by Crippen LogP contribution is -2.07. The second kappa shape index (κ2) is 3.42. The number of carbonyl (C=O) groups is 1. The summed E-state index contributed by atoms with van der Waals surface area (Å²) in [5.74, 6) is -0.147. The van der Waals surface area contributed by atoms with Crippen LogP contribution in [0.1, 0.15) is 26.2 Å². The predicted molar refractivity (Wildman–Crippen MR) is 40.1 cm³/mol. The number of ether oxygens (including phenoxy) is 1. The van der Waals surface area contributed by atoms with Crippen molar-refractivity contribution in [2.75, 3.05) is 6.61 Å². The average molecular weight is 156 g/mol. The number of hydrogen-bond donors (Lipinski definition) is 1. The van der Waals surface area contributed by atoms with Gasteiger partial charge >= 0.3 is 5.97 Å². The summed E-state index contributed by atoms with van der Waals surface area (Å²) >= 11 is 0. The number of aliphatic hydroxyl groups is 1. The summed E-state index contributed by atoms with van der Waals surface area (Å²) in [6.45, 7) is 2.13. The van der Waals surface area contributed by atoms with Gasteiger partial charge in [0.2, 0.25) is 0 Å². The van der Waals surface area contributed by atoms with Crippen molar-refractivity contribution in [3.63, 3.8) is 0 Å². The van der Waals surface area contributed by atoms with E-state index in [1.165, 1.54) is 0 Å². The Morgan fingerprint density at radius 2 is 2.36 bits per heavy atom. The Labute approximate surface area is 65.7 Å². The Balaban J connectivity index is 2.59. The van der Waals surface area contributed by atoms with E-state index in [1.54, 1.807) is 6.92 Å². The van der Waals surface area contributed by atoms with E-state index in [4.69, 9.17) is 9.84 Å². The molecule has 0 spiro atoms. The molecule has 0 aromatic heterocycles. The van der Waals surface area contributed by atoms with Crippen LogP contribution in [0.4, 0.5) is 0 Å². The minimum Gasteiger partial charge on any atom is -0.512 e. The zero-order valence-electron chi connectivity index (χ0n) is 6.59. The first-order valence-electron chi connectivity index (χ1n) is 3.83. The maximum absolute atomic E-state index is 11.0. The molecule has 3 nitrogen and oxygen atoms in total. The summed E-state index contributed by atoms with van der Waals surface area (Å²) in [5.41, 5.74) is 0.465. The molecule has 0 saturated heterocycles. The van der Waals surface area contributed by atoms with Gasteiger partial charge in [-0.3, -0.25) is 0 Å². The van der Waals surface area contributed by atoms with E-state index in [1.807, 2.05) is 0 Å². The van der Waals surface area contributed by atoms with Gasteiger partial charge in [-0.05, 0) is 19.8 Å². The highest BCUT2D eigenvalue weighted by molar-refractivity contribution is 5.89. The summed E-state index contributed by atoms with van der Waals surface area (Å²) in [7, 11) is 0. The molecule has 0 atom stereocenters. The van der Waals surface area contributed by atoms with Crippen molar-refractivity contribution in [3.8, 4) is 0 Å². The van der Waals surface area contributed by atoms with Gasteiger partial charge in [0.05, 0.1) is 12.2 Å². The average Bonchev–Trinajstić information content (AvgIpc) is 2.36. The molecule has 0 bridgehead atoms. The van der Waals surface area contributed by atoms with Crippen LogP contribution in [0.25, 0.3) is 0 Å². The topological polar surface area (TPSA) is 46.5 Å². The molecule has 0 radical (unpaired) electrons. The van der Waals surface area contributed by atoms with Crippen LogP contribution in [0.5, 0.6) is 0 Å². The summed E-state index contributed by atoms with van der Waals surface area (Å²) < 4.78 is 4.74. The molecule has 0 aromatic rings. The van der Waals surface area contributed by atoms with Gasteiger partial charge in [-0.25, -0.2) is 4.79 Å². The first kappa shape index (κ1) is 8.11. The molecule has 0 amide bonds. The molecular formula is C8H12O3. The van der Waals surface area contributed by atoms with Crippen molar-refractivity contribution in [1.29, 1.82) is 0 Å². The molecule has 3 heteroatoms. The fourth-order valence-corrected chi connectivity index (χ4v) is 1.17. The van der Waals surface area contributed by atoms with E-state index in [-0.39, 0.29) is 11.7 Å². The fraction of sp³-hybridized carbons (Fsp3) is 0.625. The minimum atomic E-state index is -0.359. The number of allylic oxidation sites excluding steroid dienone is 1. The van der Waals surface area contributed by atoms with E-state index < -0.39 is 0 Å². The molecule has 1 rings (SSSR count). The van der Waals surface area contributed by atoms with E-state index >= 15 is 0 Å². The van der Waals surface area contributed by atoms with Crippen LogP contribution in [0.15, 0.2) is 11.3 Å². The van der Waals surface area contributed by atoms with E-state index in [0.29, 0.717) is 25.0 Å². The third kappa shape index (κ3) is 1.73. The Hall–Kier alpha value is -0.990. The van der Waals surface area contributed by atoms with Crippen LogP contribution in [-0.2, 0) is 9.53 Å². The molecular weight excluding hydrogens is 144 g/mol. The predicted octanol–water partition coefficient (Wildman–Crippen LogP) is 1.55. The number of aliphatic hydroxyl groups excluding tert-OH is 1. The van der Waals surface area contributed by atoms with Crippen molar-refractivity contribution in [3.05, 3.63) is 11.3 Å². The van der Waals surface area contributed by atoms with Crippen molar-refractivity contribution in [2.24, 2.45) is 0 Å². The third-order valence-electron chi connectivity index (χ3n) is 1.71. The lowest BCUT2D eigenvalue weighted by molar-refractivity contribution is -0.138. The molecule has 0 unspecified atom stereocenters. The van der Waals surface area contributed by atoms with Crippen LogP contribution in [-0.4, -0.2) is 17.7 Å². The van der Waals surface area contributed by atoms with Gasteiger partial charge in [0.15, 0.2) is 0 Å². The Kier molecular flexibility index (Phi) is 2.52.